The molecule has 0 saturated carbocycles. The fourth-order valence-corrected chi connectivity index (χ4v) is 3.86. The number of hydrogen-bond donors (Lipinski definition) is 3. The van der Waals surface area contributed by atoms with Crippen molar-refractivity contribution in [3.8, 4) is 11.5 Å². The Balaban J connectivity index is 1.63. The molecule has 36 heavy (non-hydrogen) atoms. The molecule has 184 valence electrons. The lowest BCUT2D eigenvalue weighted by Crippen LogP contribution is -2.46. The van der Waals surface area contributed by atoms with E-state index >= 15 is 0 Å². The first-order valence-electron chi connectivity index (χ1n) is 11.0. The van der Waals surface area contributed by atoms with Gasteiger partial charge in [-0.05, 0) is 36.2 Å². The summed E-state index contributed by atoms with van der Waals surface area (Å²) in [6, 6.07) is 19.1. The van der Waals surface area contributed by atoms with Crippen LogP contribution in [0.1, 0.15) is 24.1 Å². The summed E-state index contributed by atoms with van der Waals surface area (Å²) >= 11 is 0. The van der Waals surface area contributed by atoms with Crippen molar-refractivity contribution in [1.29, 1.82) is 0 Å². The molecule has 3 N–H and O–H groups in total. The molecule has 0 spiro atoms. The molecule has 3 amide bonds. The fraction of sp³-hybridized carbons (Fsp3) is 0.154. The zero-order valence-corrected chi connectivity index (χ0v) is 19.6. The molecule has 10 nitrogen and oxygen atoms in total. The van der Waals surface area contributed by atoms with Crippen LogP contribution < -0.4 is 25.4 Å². The van der Waals surface area contributed by atoms with Crippen molar-refractivity contribution in [2.45, 2.75) is 19.6 Å². The largest absolute Gasteiger partial charge is 0.493 e. The summed E-state index contributed by atoms with van der Waals surface area (Å²) in [7, 11) is 1.53. The molecule has 1 aliphatic heterocycles. The van der Waals surface area contributed by atoms with Gasteiger partial charge in [-0.2, -0.15) is 0 Å². The molecule has 0 aliphatic carbocycles. The summed E-state index contributed by atoms with van der Waals surface area (Å²) in [6.07, 6.45) is 0. The molecule has 1 aliphatic rings. The molecule has 0 saturated heterocycles. The number of hydrogen-bond acceptors (Lipinski definition) is 6. The quantitative estimate of drug-likeness (QED) is 0.317. The third-order valence-electron chi connectivity index (χ3n) is 5.59. The van der Waals surface area contributed by atoms with Crippen LogP contribution >= 0.6 is 0 Å². The van der Waals surface area contributed by atoms with Gasteiger partial charge in [0.1, 0.15) is 6.61 Å². The number of rotatable bonds is 8. The first-order valence-corrected chi connectivity index (χ1v) is 11.0. The number of non-ortho nitro benzene ring substituents is 1. The number of allylic oxidation sites excluding steroid dienone is 1. The summed E-state index contributed by atoms with van der Waals surface area (Å²) in [6.45, 7) is 1.92. The van der Waals surface area contributed by atoms with Gasteiger partial charge in [0.05, 0.1) is 23.6 Å². The Bertz CT molecular complexity index is 1340. The van der Waals surface area contributed by atoms with Crippen molar-refractivity contribution in [2.75, 3.05) is 12.4 Å². The summed E-state index contributed by atoms with van der Waals surface area (Å²) in [5.74, 6) is 0.425. The van der Waals surface area contributed by atoms with Gasteiger partial charge in [0, 0.05) is 23.5 Å². The minimum absolute atomic E-state index is 0.152. The number of anilines is 1. The molecular weight excluding hydrogens is 464 g/mol. The standard InChI is InChI=1S/C26H24N4O6/c1-16-23(25(31)28-19-9-6-10-20(14-19)30(33)34)24(29-26(32)27-16)18-11-12-21(35-2)22(13-18)36-15-17-7-4-3-5-8-17/h3-14,24H,15H2,1-2H3,(H,28,31)(H2,27,29,32). The zero-order valence-electron chi connectivity index (χ0n) is 19.6. The Morgan fingerprint density at radius 3 is 2.56 bits per heavy atom. The van der Waals surface area contributed by atoms with Crippen LogP contribution in [-0.4, -0.2) is 24.0 Å². The lowest BCUT2D eigenvalue weighted by Gasteiger charge is -2.29. The Labute approximate surface area is 207 Å². The van der Waals surface area contributed by atoms with E-state index < -0.39 is 22.9 Å². The highest BCUT2D eigenvalue weighted by Gasteiger charge is 2.32. The number of ether oxygens (including phenoxy) is 2. The molecule has 1 unspecified atom stereocenters. The lowest BCUT2D eigenvalue weighted by atomic mass is 9.94. The number of nitro benzene ring substituents is 1. The highest BCUT2D eigenvalue weighted by Crippen LogP contribution is 2.35. The molecule has 4 rings (SSSR count). The van der Waals surface area contributed by atoms with Crippen LogP contribution in [0.5, 0.6) is 11.5 Å². The Kier molecular flexibility index (Phi) is 7.15. The van der Waals surface area contributed by atoms with Gasteiger partial charge in [0.25, 0.3) is 11.6 Å². The molecule has 0 aromatic heterocycles. The van der Waals surface area contributed by atoms with Crippen LogP contribution in [0.15, 0.2) is 84.1 Å². The number of carbonyl (C=O) groups is 2. The average Bonchev–Trinajstić information content (AvgIpc) is 2.87. The van der Waals surface area contributed by atoms with Gasteiger partial charge in [0.2, 0.25) is 0 Å². The van der Waals surface area contributed by atoms with Crippen LogP contribution in [0, 0.1) is 10.1 Å². The number of carbonyl (C=O) groups excluding carboxylic acids is 2. The van der Waals surface area contributed by atoms with Crippen molar-refractivity contribution in [3.63, 3.8) is 0 Å². The van der Waals surface area contributed by atoms with E-state index in [2.05, 4.69) is 16.0 Å². The van der Waals surface area contributed by atoms with E-state index in [1.54, 1.807) is 31.2 Å². The van der Waals surface area contributed by atoms with Gasteiger partial charge in [-0.1, -0.05) is 42.5 Å². The fourth-order valence-electron chi connectivity index (χ4n) is 3.86. The topological polar surface area (TPSA) is 132 Å². The van der Waals surface area contributed by atoms with E-state index in [0.717, 1.165) is 5.56 Å². The first-order chi connectivity index (χ1) is 17.4. The third-order valence-corrected chi connectivity index (χ3v) is 5.59. The minimum Gasteiger partial charge on any atom is -0.493 e. The SMILES string of the molecule is COc1ccc(C2NC(=O)NC(C)=C2C(=O)Nc2cccc([N+](=O)[O-])c2)cc1OCc1ccccc1. The van der Waals surface area contributed by atoms with Gasteiger partial charge in [-0.25, -0.2) is 4.79 Å². The second-order valence-corrected chi connectivity index (χ2v) is 8.02. The summed E-state index contributed by atoms with van der Waals surface area (Å²) in [5, 5.41) is 19.2. The van der Waals surface area contributed by atoms with E-state index in [0.29, 0.717) is 29.4 Å². The highest BCUT2D eigenvalue weighted by atomic mass is 16.6. The van der Waals surface area contributed by atoms with Crippen LogP contribution in [0.2, 0.25) is 0 Å². The molecule has 3 aromatic rings. The van der Waals surface area contributed by atoms with Crippen LogP contribution in [-0.2, 0) is 11.4 Å². The maximum Gasteiger partial charge on any atom is 0.319 e. The average molecular weight is 489 g/mol. The number of methoxy groups -OCH3 is 1. The number of amides is 3. The lowest BCUT2D eigenvalue weighted by molar-refractivity contribution is -0.384. The molecular formula is C26H24N4O6. The maximum atomic E-state index is 13.3. The number of nitrogens with zero attached hydrogens (tertiary/aromatic N) is 1. The molecule has 10 heteroatoms. The predicted octanol–water partition coefficient (Wildman–Crippen LogP) is 4.45. The molecule has 0 fully saturated rings. The molecule has 1 heterocycles. The van der Waals surface area contributed by atoms with Gasteiger partial charge >= 0.3 is 6.03 Å². The van der Waals surface area contributed by atoms with Crippen LogP contribution in [0.4, 0.5) is 16.2 Å². The number of benzene rings is 3. The highest BCUT2D eigenvalue weighted by molar-refractivity contribution is 6.06. The molecule has 0 bridgehead atoms. The Hall–Kier alpha value is -4.86. The monoisotopic (exact) mass is 488 g/mol. The number of nitrogens with one attached hydrogen (secondary N) is 3. The van der Waals surface area contributed by atoms with Crippen molar-refractivity contribution in [1.82, 2.24) is 10.6 Å². The second-order valence-electron chi connectivity index (χ2n) is 8.02. The van der Waals surface area contributed by atoms with E-state index in [4.69, 9.17) is 9.47 Å². The van der Waals surface area contributed by atoms with Gasteiger partial charge < -0.3 is 25.4 Å². The van der Waals surface area contributed by atoms with Gasteiger partial charge in [-0.15, -0.1) is 0 Å². The first kappa shape index (κ1) is 24.3. The third kappa shape index (κ3) is 5.44. The van der Waals surface area contributed by atoms with Crippen molar-refractivity contribution in [2.24, 2.45) is 0 Å². The Morgan fingerprint density at radius 2 is 1.83 bits per heavy atom. The molecule has 0 radical (unpaired) electrons. The molecule has 3 aromatic carbocycles. The van der Waals surface area contributed by atoms with Gasteiger partial charge in [-0.3, -0.25) is 14.9 Å². The van der Waals surface area contributed by atoms with Crippen LogP contribution in [0.3, 0.4) is 0 Å². The minimum atomic E-state index is -0.803. The Morgan fingerprint density at radius 1 is 1.06 bits per heavy atom. The van der Waals surface area contributed by atoms with E-state index in [1.165, 1.54) is 25.3 Å². The normalized spacial score (nSPS) is 14.9. The number of urea groups is 1. The van der Waals surface area contributed by atoms with Gasteiger partial charge in [0.15, 0.2) is 11.5 Å². The number of nitro groups is 1. The smallest absolute Gasteiger partial charge is 0.319 e. The van der Waals surface area contributed by atoms with Crippen molar-refractivity contribution < 1.29 is 24.0 Å². The zero-order chi connectivity index (χ0) is 25.7. The summed E-state index contributed by atoms with van der Waals surface area (Å²) in [4.78, 5) is 36.1. The summed E-state index contributed by atoms with van der Waals surface area (Å²) < 4.78 is 11.4. The van der Waals surface area contributed by atoms with Crippen LogP contribution in [0.25, 0.3) is 0 Å². The predicted molar refractivity (Wildman–Crippen MR) is 133 cm³/mol. The summed E-state index contributed by atoms with van der Waals surface area (Å²) in [5.41, 5.74) is 2.27. The maximum absolute atomic E-state index is 13.3. The second kappa shape index (κ2) is 10.6. The van der Waals surface area contributed by atoms with E-state index in [9.17, 15) is 19.7 Å². The van der Waals surface area contributed by atoms with E-state index in [-0.39, 0.29) is 16.9 Å². The van der Waals surface area contributed by atoms with Crippen molar-refractivity contribution in [3.05, 3.63) is 105 Å². The van der Waals surface area contributed by atoms with E-state index in [1.807, 2.05) is 30.3 Å². The van der Waals surface area contributed by atoms with Crippen molar-refractivity contribution >= 4 is 23.3 Å². The molecule has 1 atom stereocenters.